The average Bonchev–Trinajstić information content (AvgIpc) is 3.50. The summed E-state index contributed by atoms with van der Waals surface area (Å²) < 4.78 is 0. The summed E-state index contributed by atoms with van der Waals surface area (Å²) >= 11 is 0. The first-order valence-corrected chi connectivity index (χ1v) is 9.97. The van der Waals surface area contributed by atoms with Gasteiger partial charge in [0.25, 0.3) is 5.91 Å². The lowest BCUT2D eigenvalue weighted by Gasteiger charge is -2.49. The summed E-state index contributed by atoms with van der Waals surface area (Å²) in [5.41, 5.74) is 6.09. The average molecular weight is 371 g/mol. The van der Waals surface area contributed by atoms with Crippen LogP contribution in [0.3, 0.4) is 0 Å². The fourth-order valence-corrected chi connectivity index (χ4v) is 4.39. The minimum atomic E-state index is -0.122. The molecule has 4 rings (SSSR count). The van der Waals surface area contributed by atoms with Gasteiger partial charge < -0.3 is 15.5 Å². The van der Waals surface area contributed by atoms with E-state index in [4.69, 9.17) is 5.73 Å². The van der Waals surface area contributed by atoms with Crippen molar-refractivity contribution in [2.24, 2.45) is 5.92 Å². The monoisotopic (exact) mass is 371 g/mol. The second kappa shape index (κ2) is 7.11. The lowest BCUT2D eigenvalue weighted by molar-refractivity contribution is -0.130. The Morgan fingerprint density at radius 1 is 1.26 bits per heavy atom. The Balaban J connectivity index is 1.48. The van der Waals surface area contributed by atoms with Gasteiger partial charge in [0.2, 0.25) is 5.91 Å². The number of nitrogen functional groups attached to an aromatic ring is 1. The molecule has 7 nitrogen and oxygen atoms in total. The second-order valence-electron chi connectivity index (χ2n) is 8.38. The maximum absolute atomic E-state index is 13.0. The fourth-order valence-electron chi connectivity index (χ4n) is 4.39. The van der Waals surface area contributed by atoms with Crippen molar-refractivity contribution < 1.29 is 9.59 Å². The zero-order valence-corrected chi connectivity index (χ0v) is 16.1. The SMILES string of the molecule is CN1CCN(C(=O)c2ccc(N)nc2)C[C@@]12CCC(=O)N(CC1CC1)CC2. The van der Waals surface area contributed by atoms with Gasteiger partial charge >= 0.3 is 0 Å². The van der Waals surface area contributed by atoms with E-state index in [1.807, 2.05) is 4.90 Å². The van der Waals surface area contributed by atoms with Crippen molar-refractivity contribution in [3.05, 3.63) is 23.9 Å². The molecule has 3 fully saturated rings. The number of carbonyl (C=O) groups is 2. The number of anilines is 1. The molecule has 0 aromatic carbocycles. The summed E-state index contributed by atoms with van der Waals surface area (Å²) in [6, 6.07) is 3.41. The predicted octanol–water partition coefficient (Wildman–Crippen LogP) is 1.21. The molecule has 2 amide bonds. The molecular formula is C20H29N5O2. The largest absolute Gasteiger partial charge is 0.384 e. The van der Waals surface area contributed by atoms with Crippen LogP contribution in [0.15, 0.2) is 18.3 Å². The topological polar surface area (TPSA) is 82.8 Å². The van der Waals surface area contributed by atoms with Crippen LogP contribution in [0.4, 0.5) is 5.82 Å². The number of likely N-dealkylation sites (N-methyl/N-ethyl adjacent to an activating group) is 1. The number of pyridine rings is 1. The van der Waals surface area contributed by atoms with Gasteiger partial charge in [-0.3, -0.25) is 14.5 Å². The van der Waals surface area contributed by atoms with Crippen LogP contribution in [-0.4, -0.2) is 76.8 Å². The minimum Gasteiger partial charge on any atom is -0.384 e. The molecule has 2 N–H and O–H groups in total. The Hall–Kier alpha value is -2.15. The zero-order valence-electron chi connectivity index (χ0n) is 16.1. The number of amides is 2. The van der Waals surface area contributed by atoms with Crippen molar-refractivity contribution in [1.82, 2.24) is 19.7 Å². The normalized spacial score (nSPS) is 27.1. The van der Waals surface area contributed by atoms with E-state index in [0.717, 1.165) is 32.5 Å². The molecule has 1 aromatic rings. The maximum atomic E-state index is 13.0. The number of nitrogens with two attached hydrogens (primary N) is 1. The van der Waals surface area contributed by atoms with E-state index in [1.165, 1.54) is 12.8 Å². The smallest absolute Gasteiger partial charge is 0.255 e. The van der Waals surface area contributed by atoms with Gasteiger partial charge in [0.05, 0.1) is 5.56 Å². The van der Waals surface area contributed by atoms with Crippen LogP contribution in [0.5, 0.6) is 0 Å². The van der Waals surface area contributed by atoms with Gasteiger partial charge in [0.1, 0.15) is 5.82 Å². The molecule has 0 unspecified atom stereocenters. The zero-order chi connectivity index (χ0) is 19.0. The van der Waals surface area contributed by atoms with Crippen LogP contribution < -0.4 is 5.73 Å². The van der Waals surface area contributed by atoms with Crippen LogP contribution in [0.25, 0.3) is 0 Å². The Bertz CT molecular complexity index is 718. The number of nitrogens with zero attached hydrogens (tertiary/aromatic N) is 4. The van der Waals surface area contributed by atoms with Gasteiger partial charge in [-0.15, -0.1) is 0 Å². The van der Waals surface area contributed by atoms with Gasteiger partial charge in [-0.1, -0.05) is 0 Å². The number of hydrogen-bond donors (Lipinski definition) is 1. The molecule has 27 heavy (non-hydrogen) atoms. The van der Waals surface area contributed by atoms with E-state index in [-0.39, 0.29) is 17.4 Å². The van der Waals surface area contributed by atoms with E-state index in [0.29, 0.717) is 36.8 Å². The van der Waals surface area contributed by atoms with Crippen LogP contribution in [-0.2, 0) is 4.79 Å². The third kappa shape index (κ3) is 3.78. The third-order valence-corrected chi connectivity index (χ3v) is 6.50. The molecule has 1 atom stereocenters. The molecule has 2 saturated heterocycles. The van der Waals surface area contributed by atoms with Gasteiger partial charge in [-0.2, -0.15) is 0 Å². The van der Waals surface area contributed by atoms with Crippen molar-refractivity contribution >= 4 is 17.6 Å². The number of likely N-dealkylation sites (tertiary alicyclic amines) is 1. The minimum absolute atomic E-state index is 0.000356. The van der Waals surface area contributed by atoms with Crippen molar-refractivity contribution in [3.8, 4) is 0 Å². The molecular weight excluding hydrogens is 342 g/mol. The van der Waals surface area contributed by atoms with E-state index < -0.39 is 0 Å². The predicted molar refractivity (Wildman–Crippen MR) is 103 cm³/mol. The van der Waals surface area contributed by atoms with Gasteiger partial charge in [0.15, 0.2) is 0 Å². The van der Waals surface area contributed by atoms with Gasteiger partial charge in [-0.05, 0) is 50.8 Å². The van der Waals surface area contributed by atoms with Crippen LogP contribution >= 0.6 is 0 Å². The molecule has 146 valence electrons. The molecule has 3 aliphatic rings. The molecule has 1 spiro atoms. The Labute approximate surface area is 160 Å². The highest BCUT2D eigenvalue weighted by Gasteiger charge is 2.44. The number of hydrogen-bond acceptors (Lipinski definition) is 5. The molecule has 1 aliphatic carbocycles. The number of aromatic nitrogens is 1. The first-order chi connectivity index (χ1) is 13.0. The summed E-state index contributed by atoms with van der Waals surface area (Å²) in [7, 11) is 2.13. The Kier molecular flexibility index (Phi) is 4.80. The summed E-state index contributed by atoms with van der Waals surface area (Å²) in [5, 5.41) is 0. The molecule has 7 heteroatoms. The van der Waals surface area contributed by atoms with Gasteiger partial charge in [-0.25, -0.2) is 4.98 Å². The number of piperazine rings is 1. The second-order valence-corrected chi connectivity index (χ2v) is 8.38. The third-order valence-electron chi connectivity index (χ3n) is 6.50. The Morgan fingerprint density at radius 2 is 2.07 bits per heavy atom. The molecule has 1 saturated carbocycles. The molecule has 2 aliphatic heterocycles. The highest BCUT2D eigenvalue weighted by Crippen LogP contribution is 2.35. The molecule has 0 radical (unpaired) electrons. The summed E-state index contributed by atoms with van der Waals surface area (Å²) in [6.07, 6.45) is 6.37. The fraction of sp³-hybridized carbons (Fsp3) is 0.650. The van der Waals surface area contributed by atoms with E-state index in [9.17, 15) is 9.59 Å². The van der Waals surface area contributed by atoms with Crippen molar-refractivity contribution in [3.63, 3.8) is 0 Å². The van der Waals surface area contributed by atoms with Crippen LogP contribution in [0.2, 0.25) is 0 Å². The first kappa shape index (κ1) is 18.2. The number of rotatable bonds is 3. The van der Waals surface area contributed by atoms with Crippen LogP contribution in [0.1, 0.15) is 42.5 Å². The highest BCUT2D eigenvalue weighted by atomic mass is 16.2. The quantitative estimate of drug-likeness (QED) is 0.864. The summed E-state index contributed by atoms with van der Waals surface area (Å²) in [4.78, 5) is 36.0. The van der Waals surface area contributed by atoms with Gasteiger partial charge in [0, 0.05) is 50.9 Å². The number of carbonyl (C=O) groups excluding carboxylic acids is 2. The van der Waals surface area contributed by atoms with E-state index in [1.54, 1.807) is 18.3 Å². The maximum Gasteiger partial charge on any atom is 0.255 e. The standard InChI is InChI=1S/C20H29N5O2/c1-23-10-11-25(19(27)16-4-5-17(21)22-12-16)14-20(23)7-6-18(26)24(9-8-20)13-15-2-3-15/h4-5,12,15H,2-3,6-11,13-14H2,1H3,(H2,21,22)/t20-/m0/s1. The van der Waals surface area contributed by atoms with E-state index in [2.05, 4.69) is 21.8 Å². The molecule has 1 aromatic heterocycles. The molecule has 3 heterocycles. The van der Waals surface area contributed by atoms with Crippen molar-refractivity contribution in [2.45, 2.75) is 37.6 Å². The lowest BCUT2D eigenvalue weighted by atomic mass is 9.86. The lowest BCUT2D eigenvalue weighted by Crippen LogP contribution is -2.62. The molecule has 0 bridgehead atoms. The van der Waals surface area contributed by atoms with Crippen LogP contribution in [0, 0.1) is 5.92 Å². The first-order valence-electron chi connectivity index (χ1n) is 9.97. The van der Waals surface area contributed by atoms with E-state index >= 15 is 0 Å². The Morgan fingerprint density at radius 3 is 2.78 bits per heavy atom. The highest BCUT2D eigenvalue weighted by molar-refractivity contribution is 5.94. The van der Waals surface area contributed by atoms with Crippen molar-refractivity contribution in [1.29, 1.82) is 0 Å². The summed E-state index contributed by atoms with van der Waals surface area (Å²) in [5.74, 6) is 1.40. The summed E-state index contributed by atoms with van der Waals surface area (Å²) in [6.45, 7) is 3.90. The van der Waals surface area contributed by atoms with Crippen molar-refractivity contribution in [2.75, 3.05) is 45.5 Å².